The van der Waals surface area contributed by atoms with E-state index in [1.54, 1.807) is 0 Å². The fraction of sp³-hybridized carbons (Fsp3) is 0.586. The number of epoxide rings is 1. The van der Waals surface area contributed by atoms with E-state index >= 15 is 0 Å². The molecule has 3 rings (SSSR count). The summed E-state index contributed by atoms with van der Waals surface area (Å²) in [5.41, 5.74) is 0. The predicted octanol–water partition coefficient (Wildman–Crippen LogP) is 7.42. The number of hydrogen-bond acceptors (Lipinski definition) is 4. The Balaban J connectivity index is 1.66. The molecule has 0 amide bonds. The van der Waals surface area contributed by atoms with E-state index in [-0.39, 0.29) is 5.92 Å². The Kier molecular flexibility index (Phi) is 11.1. The lowest BCUT2D eigenvalue weighted by atomic mass is 9.88. The van der Waals surface area contributed by atoms with E-state index in [0.717, 1.165) is 44.0 Å². The van der Waals surface area contributed by atoms with Gasteiger partial charge in [-0.3, -0.25) is 0 Å². The molecule has 1 aliphatic rings. The topological polar surface area (TPSA) is 40.2 Å². The average molecular weight is 455 g/mol. The minimum atomic E-state index is -0.758. The molecule has 2 aromatic rings. The molecule has 4 nitrogen and oxygen atoms in total. The van der Waals surface area contributed by atoms with Crippen LogP contribution in [0.4, 0.5) is 0 Å². The summed E-state index contributed by atoms with van der Waals surface area (Å²) in [4.78, 5) is 0. The van der Waals surface area contributed by atoms with Gasteiger partial charge in [-0.2, -0.15) is 0 Å². The molecule has 2 aromatic carbocycles. The first kappa shape index (κ1) is 25.6. The molecule has 2 unspecified atom stereocenters. The summed E-state index contributed by atoms with van der Waals surface area (Å²) in [6.07, 6.45) is 11.1. The molecule has 0 radical (unpaired) electrons. The number of para-hydroxylation sites is 2. The molecular formula is C29H42O4. The quantitative estimate of drug-likeness (QED) is 0.133. The minimum absolute atomic E-state index is 0.255. The van der Waals surface area contributed by atoms with Gasteiger partial charge in [0.15, 0.2) is 0 Å². The Hall–Kier alpha value is -2.04. The number of rotatable bonds is 18. The second kappa shape index (κ2) is 14.3. The van der Waals surface area contributed by atoms with Crippen molar-refractivity contribution in [2.24, 2.45) is 5.92 Å². The lowest BCUT2D eigenvalue weighted by Crippen LogP contribution is -2.46. The first-order valence-corrected chi connectivity index (χ1v) is 12.9. The summed E-state index contributed by atoms with van der Waals surface area (Å²) in [6, 6.07) is 20.1. The molecule has 1 saturated heterocycles. The molecule has 2 atom stereocenters. The van der Waals surface area contributed by atoms with Crippen LogP contribution in [0.2, 0.25) is 0 Å². The van der Waals surface area contributed by atoms with Crippen molar-refractivity contribution in [1.29, 1.82) is 0 Å². The molecule has 33 heavy (non-hydrogen) atoms. The third-order valence-corrected chi connectivity index (χ3v) is 6.32. The van der Waals surface area contributed by atoms with E-state index in [1.807, 2.05) is 60.7 Å². The summed E-state index contributed by atoms with van der Waals surface area (Å²) in [7, 11) is 0. The van der Waals surface area contributed by atoms with Gasteiger partial charge in [0.05, 0.1) is 13.2 Å². The Labute approximate surface area is 200 Å². The third kappa shape index (κ3) is 9.77. The Morgan fingerprint density at radius 3 is 1.94 bits per heavy atom. The maximum Gasteiger partial charge on any atom is 0.251 e. The summed E-state index contributed by atoms with van der Waals surface area (Å²) < 4.78 is 24.2. The van der Waals surface area contributed by atoms with Crippen LogP contribution in [0.1, 0.15) is 71.6 Å². The van der Waals surface area contributed by atoms with Crippen LogP contribution in [-0.4, -0.2) is 31.7 Å². The summed E-state index contributed by atoms with van der Waals surface area (Å²) >= 11 is 0. The normalized spacial score (nSPS) is 16.4. The molecule has 0 aromatic heterocycles. The van der Waals surface area contributed by atoms with Gasteiger partial charge in [0, 0.05) is 19.4 Å². The standard InChI is InChI=1S/C29H42O4/c1-3-4-5-6-7-10-16-25(17-15-22-30-23-28-24-31-28)29(2,32-26-18-11-8-12-19-26)33-27-20-13-9-14-21-27/h8-9,11-14,18-21,25,28H,3-7,10,15-17,22-24H2,1-2H3. The number of hydrogen-bond donors (Lipinski definition) is 0. The zero-order chi connectivity index (χ0) is 23.2. The van der Waals surface area contributed by atoms with E-state index < -0.39 is 5.79 Å². The van der Waals surface area contributed by atoms with E-state index in [0.29, 0.717) is 12.7 Å². The van der Waals surface area contributed by atoms with Gasteiger partial charge in [-0.1, -0.05) is 81.8 Å². The zero-order valence-corrected chi connectivity index (χ0v) is 20.5. The zero-order valence-electron chi connectivity index (χ0n) is 20.5. The van der Waals surface area contributed by atoms with Crippen molar-refractivity contribution in [2.75, 3.05) is 19.8 Å². The average Bonchev–Trinajstić information content (AvgIpc) is 3.65. The highest BCUT2D eigenvalue weighted by atomic mass is 16.7. The van der Waals surface area contributed by atoms with Crippen LogP contribution >= 0.6 is 0 Å². The molecule has 0 aliphatic carbocycles. The van der Waals surface area contributed by atoms with Crippen molar-refractivity contribution in [3.63, 3.8) is 0 Å². The van der Waals surface area contributed by atoms with Crippen molar-refractivity contribution in [3.05, 3.63) is 60.7 Å². The second-order valence-corrected chi connectivity index (χ2v) is 9.27. The van der Waals surface area contributed by atoms with Crippen molar-refractivity contribution in [2.45, 2.75) is 83.5 Å². The van der Waals surface area contributed by atoms with Gasteiger partial charge in [-0.15, -0.1) is 0 Å². The van der Waals surface area contributed by atoms with E-state index in [4.69, 9.17) is 18.9 Å². The Morgan fingerprint density at radius 1 is 0.818 bits per heavy atom. The maximum atomic E-state index is 6.59. The molecule has 182 valence electrons. The first-order valence-electron chi connectivity index (χ1n) is 12.9. The van der Waals surface area contributed by atoms with Gasteiger partial charge >= 0.3 is 0 Å². The number of benzene rings is 2. The monoisotopic (exact) mass is 454 g/mol. The smallest absolute Gasteiger partial charge is 0.251 e. The number of unbranched alkanes of at least 4 members (excludes halogenated alkanes) is 5. The Morgan fingerprint density at radius 2 is 1.36 bits per heavy atom. The molecule has 4 heteroatoms. The summed E-state index contributed by atoms with van der Waals surface area (Å²) in [6.45, 7) is 6.67. The van der Waals surface area contributed by atoms with Crippen molar-refractivity contribution < 1.29 is 18.9 Å². The van der Waals surface area contributed by atoms with Crippen molar-refractivity contribution in [1.82, 2.24) is 0 Å². The minimum Gasteiger partial charge on any atom is -0.452 e. The van der Waals surface area contributed by atoms with Crippen LogP contribution in [-0.2, 0) is 9.47 Å². The fourth-order valence-corrected chi connectivity index (χ4v) is 4.28. The van der Waals surface area contributed by atoms with Gasteiger partial charge in [-0.05, 0) is 43.5 Å². The van der Waals surface area contributed by atoms with Crippen LogP contribution in [0.5, 0.6) is 11.5 Å². The lowest BCUT2D eigenvalue weighted by Gasteiger charge is -2.38. The highest BCUT2D eigenvalue weighted by molar-refractivity contribution is 5.24. The molecule has 1 fully saturated rings. The molecule has 0 bridgehead atoms. The predicted molar refractivity (Wildman–Crippen MR) is 134 cm³/mol. The first-order chi connectivity index (χ1) is 16.2. The van der Waals surface area contributed by atoms with Crippen LogP contribution in [0.15, 0.2) is 60.7 Å². The van der Waals surface area contributed by atoms with Crippen LogP contribution in [0, 0.1) is 5.92 Å². The van der Waals surface area contributed by atoms with E-state index in [1.165, 1.54) is 38.5 Å². The summed E-state index contributed by atoms with van der Waals surface area (Å²) in [5, 5.41) is 0. The molecule has 1 heterocycles. The van der Waals surface area contributed by atoms with Gasteiger partial charge in [0.25, 0.3) is 5.79 Å². The molecule has 1 aliphatic heterocycles. The SMILES string of the molecule is CCCCCCCCC(CCCOCC1CO1)C(C)(Oc1ccccc1)Oc1ccccc1. The molecule has 0 N–H and O–H groups in total. The highest BCUT2D eigenvalue weighted by Gasteiger charge is 2.38. The van der Waals surface area contributed by atoms with Gasteiger partial charge in [0.1, 0.15) is 17.6 Å². The second-order valence-electron chi connectivity index (χ2n) is 9.27. The van der Waals surface area contributed by atoms with Crippen LogP contribution < -0.4 is 9.47 Å². The molecule has 0 spiro atoms. The highest BCUT2D eigenvalue weighted by Crippen LogP contribution is 2.35. The van der Waals surface area contributed by atoms with E-state index in [2.05, 4.69) is 13.8 Å². The van der Waals surface area contributed by atoms with Crippen LogP contribution in [0.3, 0.4) is 0 Å². The maximum absolute atomic E-state index is 6.59. The lowest BCUT2D eigenvalue weighted by molar-refractivity contribution is -0.147. The van der Waals surface area contributed by atoms with Gasteiger partial charge in [-0.25, -0.2) is 0 Å². The third-order valence-electron chi connectivity index (χ3n) is 6.32. The largest absolute Gasteiger partial charge is 0.452 e. The number of ether oxygens (including phenoxy) is 4. The van der Waals surface area contributed by atoms with Crippen molar-refractivity contribution in [3.8, 4) is 11.5 Å². The van der Waals surface area contributed by atoms with Crippen molar-refractivity contribution >= 4 is 0 Å². The van der Waals surface area contributed by atoms with Gasteiger partial charge < -0.3 is 18.9 Å². The summed E-state index contributed by atoms with van der Waals surface area (Å²) in [5.74, 6) is 1.17. The van der Waals surface area contributed by atoms with E-state index in [9.17, 15) is 0 Å². The van der Waals surface area contributed by atoms with Crippen LogP contribution in [0.25, 0.3) is 0 Å². The fourth-order valence-electron chi connectivity index (χ4n) is 4.28. The van der Waals surface area contributed by atoms with Gasteiger partial charge in [0.2, 0.25) is 0 Å². The molecule has 0 saturated carbocycles. The Bertz CT molecular complexity index is 703. The molecular weight excluding hydrogens is 412 g/mol.